The van der Waals surface area contributed by atoms with Crippen LogP contribution in [0.3, 0.4) is 0 Å². The number of ketones is 1. The molecule has 0 aromatic heterocycles. The van der Waals surface area contributed by atoms with Crippen molar-refractivity contribution in [2.24, 2.45) is 0 Å². The van der Waals surface area contributed by atoms with Crippen molar-refractivity contribution in [2.75, 3.05) is 6.61 Å². The van der Waals surface area contributed by atoms with Crippen molar-refractivity contribution >= 4 is 5.78 Å². The Bertz CT molecular complexity index is 528. The summed E-state index contributed by atoms with van der Waals surface area (Å²) in [6.45, 7) is 13.7. The topological polar surface area (TPSA) is 26.3 Å². The number of hydrogen-bond acceptors (Lipinski definition) is 2. The first-order valence-electron chi connectivity index (χ1n) is 7.46. The Balaban J connectivity index is 2.73. The molecule has 0 aliphatic carbocycles. The summed E-state index contributed by atoms with van der Waals surface area (Å²) >= 11 is 0. The highest BCUT2D eigenvalue weighted by Gasteiger charge is 2.29. The molecule has 0 unspecified atom stereocenters. The third-order valence-electron chi connectivity index (χ3n) is 3.86. The van der Waals surface area contributed by atoms with Crippen LogP contribution in [0, 0.1) is 0 Å². The second kappa shape index (κ2) is 4.91. The molecular weight excluding hydrogens is 248 g/mol. The van der Waals surface area contributed by atoms with Gasteiger partial charge in [0.25, 0.3) is 0 Å². The molecule has 1 aromatic rings. The van der Waals surface area contributed by atoms with Crippen molar-refractivity contribution in [3.8, 4) is 5.75 Å². The summed E-state index contributed by atoms with van der Waals surface area (Å²) in [4.78, 5) is 12.4. The van der Waals surface area contributed by atoms with Crippen molar-refractivity contribution < 1.29 is 9.53 Å². The van der Waals surface area contributed by atoms with Crippen LogP contribution in [-0.4, -0.2) is 12.4 Å². The first kappa shape index (κ1) is 15.1. The molecule has 0 saturated heterocycles. The number of Topliss-reactive ketones (excluding diaryl/α,β-unsaturated/α-hetero) is 1. The minimum Gasteiger partial charge on any atom is -0.493 e. The molecule has 2 heteroatoms. The number of rotatable bonds is 0. The van der Waals surface area contributed by atoms with Crippen molar-refractivity contribution in [1.82, 2.24) is 0 Å². The smallest absolute Gasteiger partial charge is 0.166 e. The monoisotopic (exact) mass is 274 g/mol. The molecule has 0 amide bonds. The van der Waals surface area contributed by atoms with Gasteiger partial charge >= 0.3 is 0 Å². The largest absolute Gasteiger partial charge is 0.493 e. The molecule has 110 valence electrons. The van der Waals surface area contributed by atoms with E-state index < -0.39 is 0 Å². The minimum atomic E-state index is -0.0318. The van der Waals surface area contributed by atoms with Crippen LogP contribution in [0.5, 0.6) is 5.75 Å². The van der Waals surface area contributed by atoms with Crippen molar-refractivity contribution in [3.63, 3.8) is 0 Å². The lowest BCUT2D eigenvalue weighted by atomic mass is 9.78. The standard InChI is InChI=1S/C18H26O2/c1-17(2,3)12-10-13-15(19)8-7-9-20-16(13)14(11-12)18(4,5)6/h10-11H,7-9H2,1-6H3. The van der Waals surface area contributed by atoms with E-state index in [1.807, 2.05) is 6.07 Å². The minimum absolute atomic E-state index is 0.0294. The van der Waals surface area contributed by atoms with Gasteiger partial charge in [0.1, 0.15) is 5.75 Å². The van der Waals surface area contributed by atoms with Crippen LogP contribution in [0.1, 0.15) is 75.9 Å². The summed E-state index contributed by atoms with van der Waals surface area (Å²) in [5.74, 6) is 1.03. The van der Waals surface area contributed by atoms with E-state index in [9.17, 15) is 4.79 Å². The van der Waals surface area contributed by atoms with Gasteiger partial charge in [-0.3, -0.25) is 4.79 Å². The third-order valence-corrected chi connectivity index (χ3v) is 3.86. The van der Waals surface area contributed by atoms with Crippen molar-refractivity contribution in [1.29, 1.82) is 0 Å². The van der Waals surface area contributed by atoms with Gasteiger partial charge < -0.3 is 4.74 Å². The first-order chi connectivity index (χ1) is 9.10. The van der Waals surface area contributed by atoms with Gasteiger partial charge in [-0.05, 0) is 28.9 Å². The molecule has 1 aliphatic rings. The van der Waals surface area contributed by atoms with Gasteiger partial charge in [-0.25, -0.2) is 0 Å². The highest BCUT2D eigenvalue weighted by molar-refractivity contribution is 5.99. The molecule has 0 fully saturated rings. The van der Waals surface area contributed by atoms with Crippen LogP contribution in [0.4, 0.5) is 0 Å². The maximum Gasteiger partial charge on any atom is 0.166 e. The number of ether oxygens (including phenoxy) is 1. The van der Waals surface area contributed by atoms with Crippen LogP contribution in [0.25, 0.3) is 0 Å². The van der Waals surface area contributed by atoms with Gasteiger partial charge in [0.2, 0.25) is 0 Å². The van der Waals surface area contributed by atoms with Gasteiger partial charge in [0.15, 0.2) is 5.78 Å². The number of hydrogen-bond donors (Lipinski definition) is 0. The van der Waals surface area contributed by atoms with E-state index in [-0.39, 0.29) is 16.6 Å². The fourth-order valence-electron chi connectivity index (χ4n) is 2.52. The van der Waals surface area contributed by atoms with E-state index in [2.05, 4.69) is 47.6 Å². The molecular formula is C18H26O2. The third kappa shape index (κ3) is 2.89. The number of fused-ring (bicyclic) bond motifs is 1. The van der Waals surface area contributed by atoms with Crippen LogP contribution < -0.4 is 4.74 Å². The number of benzene rings is 1. The summed E-state index contributed by atoms with van der Waals surface area (Å²) in [6.07, 6.45) is 1.39. The van der Waals surface area contributed by atoms with E-state index in [4.69, 9.17) is 4.74 Å². The average Bonchev–Trinajstić information content (AvgIpc) is 2.48. The highest BCUT2D eigenvalue weighted by Crippen LogP contribution is 2.39. The van der Waals surface area contributed by atoms with Gasteiger partial charge in [0, 0.05) is 12.0 Å². The summed E-state index contributed by atoms with van der Waals surface area (Å²) in [6, 6.07) is 4.26. The zero-order valence-electron chi connectivity index (χ0n) is 13.6. The van der Waals surface area contributed by atoms with Crippen LogP contribution in [-0.2, 0) is 10.8 Å². The van der Waals surface area contributed by atoms with Gasteiger partial charge in [-0.15, -0.1) is 0 Å². The molecule has 0 radical (unpaired) electrons. The Kier molecular flexibility index (Phi) is 3.70. The van der Waals surface area contributed by atoms with Crippen molar-refractivity contribution in [3.05, 3.63) is 28.8 Å². The number of carbonyl (C=O) groups excluding carboxylic acids is 1. The molecule has 0 bridgehead atoms. The zero-order valence-corrected chi connectivity index (χ0v) is 13.6. The normalized spacial score (nSPS) is 16.4. The Labute approximate surface area is 122 Å². The van der Waals surface area contributed by atoms with Gasteiger partial charge in [-0.1, -0.05) is 47.6 Å². The first-order valence-corrected chi connectivity index (χ1v) is 7.46. The van der Waals surface area contributed by atoms with E-state index >= 15 is 0 Å². The Morgan fingerprint density at radius 3 is 2.20 bits per heavy atom. The maximum atomic E-state index is 12.4. The highest BCUT2D eigenvalue weighted by atomic mass is 16.5. The van der Waals surface area contributed by atoms with Gasteiger partial charge in [0.05, 0.1) is 12.2 Å². The molecule has 0 spiro atoms. The van der Waals surface area contributed by atoms with E-state index in [1.165, 1.54) is 5.56 Å². The van der Waals surface area contributed by atoms with Crippen molar-refractivity contribution in [2.45, 2.75) is 65.2 Å². The lowest BCUT2D eigenvalue weighted by Gasteiger charge is -2.28. The Morgan fingerprint density at radius 2 is 1.65 bits per heavy atom. The SMILES string of the molecule is CC(C)(C)c1cc2c(c(C(C)(C)C)c1)OCCCC2=O. The second-order valence-corrected chi connectivity index (χ2v) is 7.78. The van der Waals surface area contributed by atoms with Crippen LogP contribution in [0.2, 0.25) is 0 Å². The molecule has 0 atom stereocenters. The predicted molar refractivity (Wildman–Crippen MR) is 82.9 cm³/mol. The fraction of sp³-hybridized carbons (Fsp3) is 0.611. The lowest BCUT2D eigenvalue weighted by Crippen LogP contribution is -2.19. The summed E-state index contributed by atoms with van der Waals surface area (Å²) in [7, 11) is 0. The molecule has 2 nitrogen and oxygen atoms in total. The second-order valence-electron chi connectivity index (χ2n) is 7.78. The van der Waals surface area contributed by atoms with Gasteiger partial charge in [-0.2, -0.15) is 0 Å². The zero-order chi connectivity index (χ0) is 15.1. The quantitative estimate of drug-likeness (QED) is 0.689. The average molecular weight is 274 g/mol. The van der Waals surface area contributed by atoms with Crippen LogP contribution >= 0.6 is 0 Å². The summed E-state index contributed by atoms with van der Waals surface area (Å²) in [5.41, 5.74) is 3.13. The van der Waals surface area contributed by atoms with E-state index in [0.29, 0.717) is 13.0 Å². The van der Waals surface area contributed by atoms with E-state index in [0.717, 1.165) is 23.3 Å². The molecule has 20 heavy (non-hydrogen) atoms. The predicted octanol–water partition coefficient (Wildman–Crippen LogP) is 4.64. The molecule has 1 heterocycles. The maximum absolute atomic E-state index is 12.4. The summed E-state index contributed by atoms with van der Waals surface area (Å²) < 4.78 is 5.92. The van der Waals surface area contributed by atoms with Crippen LogP contribution in [0.15, 0.2) is 12.1 Å². The Hall–Kier alpha value is -1.31. The van der Waals surface area contributed by atoms with E-state index in [1.54, 1.807) is 0 Å². The molecule has 1 aromatic carbocycles. The molecule has 0 N–H and O–H groups in total. The fourth-order valence-corrected chi connectivity index (χ4v) is 2.52. The number of carbonyl (C=O) groups is 1. The summed E-state index contributed by atoms with van der Waals surface area (Å²) in [5, 5.41) is 0. The molecule has 0 saturated carbocycles. The molecule has 1 aliphatic heterocycles. The Morgan fingerprint density at radius 1 is 1.00 bits per heavy atom. The lowest BCUT2D eigenvalue weighted by molar-refractivity contribution is 0.0983. The molecule has 2 rings (SSSR count).